The molecular weight excluding hydrogens is 496 g/mol. The molecule has 0 saturated carbocycles. The highest BCUT2D eigenvalue weighted by Crippen LogP contribution is 2.43. The Morgan fingerprint density at radius 3 is 2.43 bits per heavy atom. The summed E-state index contributed by atoms with van der Waals surface area (Å²) in [6, 6.07) is 13.3. The van der Waals surface area contributed by atoms with E-state index < -0.39 is 15.9 Å². The van der Waals surface area contributed by atoms with Crippen molar-refractivity contribution >= 4 is 21.6 Å². The molecular formula is C27H26N2O7S. The Morgan fingerprint density at radius 1 is 0.865 bits per heavy atom. The number of aryl methyl sites for hydroxylation is 1. The van der Waals surface area contributed by atoms with Crippen molar-refractivity contribution in [2.45, 2.75) is 37.5 Å². The first-order valence-corrected chi connectivity index (χ1v) is 13.7. The van der Waals surface area contributed by atoms with Crippen molar-refractivity contribution in [3.8, 4) is 34.5 Å². The Balaban J connectivity index is 1.47. The van der Waals surface area contributed by atoms with Gasteiger partial charge in [0, 0.05) is 25.2 Å². The highest BCUT2D eigenvalue weighted by molar-refractivity contribution is 7.89. The van der Waals surface area contributed by atoms with Gasteiger partial charge in [-0.1, -0.05) is 18.9 Å². The predicted octanol–water partition coefficient (Wildman–Crippen LogP) is 5.44. The van der Waals surface area contributed by atoms with Gasteiger partial charge in [0.05, 0.1) is 11.3 Å². The van der Waals surface area contributed by atoms with E-state index in [0.29, 0.717) is 41.8 Å². The SMILES string of the molecule is Cc1ccc2c(c1)NC(=O)c1cc(S(=O)(=O)N3CCCCCC3)c(Oc3ccc4c(c3)OCO4)cc1O2. The number of nitrogens with one attached hydrogen (secondary N) is 1. The average Bonchev–Trinajstić information content (AvgIpc) is 3.08. The molecule has 0 atom stereocenters. The second kappa shape index (κ2) is 9.28. The number of rotatable bonds is 4. The van der Waals surface area contributed by atoms with Crippen LogP contribution in [0.25, 0.3) is 0 Å². The van der Waals surface area contributed by atoms with E-state index in [9.17, 15) is 13.2 Å². The van der Waals surface area contributed by atoms with Gasteiger partial charge in [-0.15, -0.1) is 0 Å². The largest absolute Gasteiger partial charge is 0.456 e. The summed E-state index contributed by atoms with van der Waals surface area (Å²) in [6.07, 6.45) is 3.51. The summed E-state index contributed by atoms with van der Waals surface area (Å²) in [5, 5.41) is 2.84. The number of sulfonamides is 1. The quantitative estimate of drug-likeness (QED) is 0.487. The lowest BCUT2D eigenvalue weighted by atomic mass is 10.1. The summed E-state index contributed by atoms with van der Waals surface area (Å²) in [6.45, 7) is 2.84. The molecule has 6 rings (SSSR count). The van der Waals surface area contributed by atoms with Gasteiger partial charge in [0.2, 0.25) is 16.8 Å². The molecule has 0 bridgehead atoms. The van der Waals surface area contributed by atoms with Crippen LogP contribution in [-0.2, 0) is 10.0 Å². The van der Waals surface area contributed by atoms with Crippen LogP contribution in [0.1, 0.15) is 41.6 Å². The molecule has 3 aliphatic heterocycles. The third kappa shape index (κ3) is 4.47. The molecule has 1 N–H and O–H groups in total. The van der Waals surface area contributed by atoms with Gasteiger partial charge in [-0.05, 0) is 55.7 Å². The fourth-order valence-electron chi connectivity index (χ4n) is 4.71. The van der Waals surface area contributed by atoms with Crippen LogP contribution >= 0.6 is 0 Å². The van der Waals surface area contributed by atoms with Gasteiger partial charge in [-0.3, -0.25) is 4.79 Å². The molecule has 0 unspecified atom stereocenters. The molecule has 1 saturated heterocycles. The monoisotopic (exact) mass is 522 g/mol. The first-order valence-electron chi connectivity index (χ1n) is 12.2. The van der Waals surface area contributed by atoms with Gasteiger partial charge in [-0.25, -0.2) is 8.42 Å². The molecule has 3 heterocycles. The van der Waals surface area contributed by atoms with E-state index in [0.717, 1.165) is 31.2 Å². The minimum Gasteiger partial charge on any atom is -0.456 e. The minimum atomic E-state index is -3.97. The van der Waals surface area contributed by atoms with Gasteiger partial charge in [0.1, 0.15) is 16.4 Å². The number of benzene rings is 3. The third-order valence-electron chi connectivity index (χ3n) is 6.65. The number of hydrogen-bond donors (Lipinski definition) is 1. The zero-order valence-corrected chi connectivity index (χ0v) is 21.1. The first-order chi connectivity index (χ1) is 17.9. The number of fused-ring (bicyclic) bond motifs is 3. The molecule has 10 heteroatoms. The second-order valence-electron chi connectivity index (χ2n) is 9.29. The molecule has 1 amide bonds. The van der Waals surface area contributed by atoms with Crippen LogP contribution in [0.2, 0.25) is 0 Å². The maximum atomic E-state index is 13.9. The lowest BCUT2D eigenvalue weighted by molar-refractivity contribution is 0.102. The number of carbonyl (C=O) groups excluding carboxylic acids is 1. The van der Waals surface area contributed by atoms with Crippen LogP contribution in [0.4, 0.5) is 5.69 Å². The Bertz CT molecular complexity index is 1490. The highest BCUT2D eigenvalue weighted by Gasteiger charge is 2.33. The molecule has 1 fully saturated rings. The summed E-state index contributed by atoms with van der Waals surface area (Å²) in [5.41, 5.74) is 1.57. The van der Waals surface area contributed by atoms with Crippen LogP contribution in [0.3, 0.4) is 0 Å². The lowest BCUT2D eigenvalue weighted by Crippen LogP contribution is -2.32. The van der Waals surface area contributed by atoms with Crippen molar-refractivity contribution in [1.82, 2.24) is 4.31 Å². The van der Waals surface area contributed by atoms with E-state index in [1.165, 1.54) is 16.4 Å². The summed E-state index contributed by atoms with van der Waals surface area (Å²) in [5.74, 6) is 1.71. The van der Waals surface area contributed by atoms with Crippen molar-refractivity contribution in [1.29, 1.82) is 0 Å². The topological polar surface area (TPSA) is 103 Å². The van der Waals surface area contributed by atoms with Crippen LogP contribution in [0, 0.1) is 6.92 Å². The Kier molecular flexibility index (Phi) is 5.92. The summed E-state index contributed by atoms with van der Waals surface area (Å²) in [4.78, 5) is 13.1. The van der Waals surface area contributed by atoms with E-state index in [1.54, 1.807) is 30.3 Å². The van der Waals surface area contributed by atoms with Gasteiger partial charge in [-0.2, -0.15) is 4.31 Å². The van der Waals surface area contributed by atoms with Crippen molar-refractivity contribution in [2.24, 2.45) is 0 Å². The number of ether oxygens (including phenoxy) is 4. The molecule has 0 radical (unpaired) electrons. The van der Waals surface area contributed by atoms with Crippen LogP contribution in [-0.4, -0.2) is 38.5 Å². The van der Waals surface area contributed by atoms with Crippen LogP contribution in [0.15, 0.2) is 53.4 Å². The maximum Gasteiger partial charge on any atom is 0.259 e. The molecule has 3 aliphatic rings. The van der Waals surface area contributed by atoms with E-state index in [1.807, 2.05) is 13.0 Å². The normalized spacial score (nSPS) is 17.1. The van der Waals surface area contributed by atoms with Gasteiger partial charge >= 0.3 is 0 Å². The zero-order chi connectivity index (χ0) is 25.6. The van der Waals surface area contributed by atoms with Gasteiger partial charge in [0.25, 0.3) is 5.91 Å². The number of amides is 1. The summed E-state index contributed by atoms with van der Waals surface area (Å²) < 4.78 is 52.3. The smallest absolute Gasteiger partial charge is 0.259 e. The first kappa shape index (κ1) is 23.6. The van der Waals surface area contributed by atoms with E-state index in [2.05, 4.69) is 5.32 Å². The summed E-state index contributed by atoms with van der Waals surface area (Å²) >= 11 is 0. The number of hydrogen-bond acceptors (Lipinski definition) is 7. The van der Waals surface area contributed by atoms with Gasteiger partial charge in [0.15, 0.2) is 23.0 Å². The lowest BCUT2D eigenvalue weighted by Gasteiger charge is -2.22. The molecule has 0 aliphatic carbocycles. The zero-order valence-electron chi connectivity index (χ0n) is 20.3. The number of nitrogens with zero attached hydrogens (tertiary/aromatic N) is 1. The second-order valence-corrected chi connectivity index (χ2v) is 11.2. The van der Waals surface area contributed by atoms with Crippen LogP contribution < -0.4 is 24.3 Å². The molecule has 3 aromatic carbocycles. The molecule has 192 valence electrons. The third-order valence-corrected chi connectivity index (χ3v) is 8.57. The molecule has 0 spiro atoms. The predicted molar refractivity (Wildman–Crippen MR) is 136 cm³/mol. The average molecular weight is 523 g/mol. The van der Waals surface area contributed by atoms with Crippen molar-refractivity contribution in [3.63, 3.8) is 0 Å². The molecule has 37 heavy (non-hydrogen) atoms. The van der Waals surface area contributed by atoms with Crippen LogP contribution in [0.5, 0.6) is 34.5 Å². The fraction of sp³-hybridized carbons (Fsp3) is 0.296. The Labute approximate surface area is 214 Å². The van der Waals surface area contributed by atoms with E-state index in [4.69, 9.17) is 18.9 Å². The van der Waals surface area contributed by atoms with E-state index >= 15 is 0 Å². The molecule has 9 nitrogen and oxygen atoms in total. The van der Waals surface area contributed by atoms with E-state index in [-0.39, 0.29) is 28.8 Å². The minimum absolute atomic E-state index is 0.0604. The van der Waals surface area contributed by atoms with Crippen molar-refractivity contribution in [2.75, 3.05) is 25.2 Å². The highest BCUT2D eigenvalue weighted by atomic mass is 32.2. The van der Waals surface area contributed by atoms with Crippen molar-refractivity contribution < 1.29 is 32.2 Å². The van der Waals surface area contributed by atoms with Gasteiger partial charge < -0.3 is 24.3 Å². The number of anilines is 1. The molecule has 0 aromatic heterocycles. The molecule has 3 aromatic rings. The standard InChI is InChI=1S/C27H26N2O7S/c1-17-6-8-21-20(12-17)28-27(30)19-14-26(37(31,32)29-10-4-2-3-5-11-29)25(15-23(19)36-21)35-18-7-9-22-24(13-18)34-16-33-22/h6-9,12-15H,2-5,10-11,16H2,1H3,(H,28,30). The Morgan fingerprint density at radius 2 is 1.62 bits per heavy atom. The summed E-state index contributed by atoms with van der Waals surface area (Å²) in [7, 11) is -3.97. The number of carbonyl (C=O) groups is 1. The maximum absolute atomic E-state index is 13.9. The fourth-order valence-corrected chi connectivity index (χ4v) is 6.35. The Hall–Kier alpha value is -3.76. The van der Waals surface area contributed by atoms with Crippen molar-refractivity contribution in [3.05, 3.63) is 59.7 Å².